The second kappa shape index (κ2) is 5.60. The van der Waals surface area contributed by atoms with Crippen LogP contribution in [0.2, 0.25) is 0 Å². The van der Waals surface area contributed by atoms with E-state index in [1.807, 2.05) is 43.3 Å². The van der Waals surface area contributed by atoms with E-state index in [2.05, 4.69) is 0 Å². The van der Waals surface area contributed by atoms with E-state index < -0.39 is 0 Å². The topological polar surface area (TPSA) is 49.8 Å². The van der Waals surface area contributed by atoms with Crippen molar-refractivity contribution >= 4 is 10.8 Å². The Morgan fingerprint density at radius 1 is 0.917 bits per heavy atom. The number of rotatable bonds is 3. The highest BCUT2D eigenvalue weighted by Crippen LogP contribution is 2.38. The fourth-order valence-electron chi connectivity index (χ4n) is 2.95. The molecule has 5 nitrogen and oxygen atoms in total. The van der Waals surface area contributed by atoms with Crippen molar-refractivity contribution in [2.45, 2.75) is 6.92 Å². The molecular weight excluding hydrogens is 306 g/mol. The van der Waals surface area contributed by atoms with Crippen molar-refractivity contribution in [3.05, 3.63) is 42.1 Å². The number of hydrogen-bond acceptors (Lipinski definition) is 5. The molecular formula is C19H17NO4. The van der Waals surface area contributed by atoms with Gasteiger partial charge in [-0.05, 0) is 48.7 Å². The van der Waals surface area contributed by atoms with Crippen LogP contribution in [0, 0.1) is 6.92 Å². The normalized spacial score (nSPS) is 12.5. The summed E-state index contributed by atoms with van der Waals surface area (Å²) in [7, 11) is 3.25. The van der Waals surface area contributed by atoms with Gasteiger partial charge in [-0.15, -0.1) is 0 Å². The van der Waals surface area contributed by atoms with E-state index in [0.717, 1.165) is 39.2 Å². The average molecular weight is 323 g/mol. The largest absolute Gasteiger partial charge is 0.493 e. The summed E-state index contributed by atoms with van der Waals surface area (Å²) in [5, 5.41) is 2.13. The van der Waals surface area contributed by atoms with Gasteiger partial charge in [-0.3, -0.25) is 4.98 Å². The summed E-state index contributed by atoms with van der Waals surface area (Å²) in [6, 6.07) is 11.8. The fraction of sp³-hybridized carbons (Fsp3) is 0.211. The first-order valence-corrected chi connectivity index (χ1v) is 7.63. The quantitative estimate of drug-likeness (QED) is 0.730. The van der Waals surface area contributed by atoms with E-state index in [1.165, 1.54) is 0 Å². The Bertz CT molecular complexity index is 936. The van der Waals surface area contributed by atoms with Crippen molar-refractivity contribution < 1.29 is 18.9 Å². The number of methoxy groups -OCH3 is 2. The maximum atomic E-state index is 5.48. The number of nitrogens with zero attached hydrogens (tertiary/aromatic N) is 1. The summed E-state index contributed by atoms with van der Waals surface area (Å²) >= 11 is 0. The molecule has 2 heterocycles. The Labute approximate surface area is 139 Å². The lowest BCUT2D eigenvalue weighted by Crippen LogP contribution is -1.93. The molecule has 0 saturated carbocycles. The molecule has 0 atom stereocenters. The molecule has 0 unspecified atom stereocenters. The number of benzene rings is 2. The molecule has 0 aliphatic carbocycles. The number of aryl methyl sites for hydroxylation is 1. The Kier molecular flexibility index (Phi) is 3.41. The molecule has 122 valence electrons. The minimum absolute atomic E-state index is 0.265. The Morgan fingerprint density at radius 3 is 2.42 bits per heavy atom. The minimum atomic E-state index is 0.265. The molecule has 5 heteroatoms. The zero-order valence-electron chi connectivity index (χ0n) is 13.8. The van der Waals surface area contributed by atoms with Crippen LogP contribution in [-0.4, -0.2) is 26.0 Å². The van der Waals surface area contributed by atoms with Gasteiger partial charge < -0.3 is 18.9 Å². The highest BCUT2D eigenvalue weighted by atomic mass is 16.7. The first-order valence-electron chi connectivity index (χ1n) is 7.63. The summed E-state index contributed by atoms with van der Waals surface area (Å²) in [6.45, 7) is 2.26. The van der Waals surface area contributed by atoms with E-state index in [9.17, 15) is 0 Å². The van der Waals surface area contributed by atoms with Crippen molar-refractivity contribution in [1.82, 2.24) is 4.98 Å². The molecule has 0 N–H and O–H groups in total. The molecule has 4 rings (SSSR count). The van der Waals surface area contributed by atoms with Crippen LogP contribution in [-0.2, 0) is 0 Å². The van der Waals surface area contributed by atoms with E-state index in [-0.39, 0.29) is 6.79 Å². The lowest BCUT2D eigenvalue weighted by molar-refractivity contribution is 0.174. The molecule has 0 bridgehead atoms. The maximum absolute atomic E-state index is 5.48. The zero-order chi connectivity index (χ0) is 16.7. The molecule has 24 heavy (non-hydrogen) atoms. The predicted octanol–water partition coefficient (Wildman–Crippen LogP) is 3.96. The number of ether oxygens (including phenoxy) is 4. The molecule has 1 aliphatic heterocycles. The summed E-state index contributed by atoms with van der Waals surface area (Å²) in [5.41, 5.74) is 2.78. The van der Waals surface area contributed by atoms with Gasteiger partial charge in [0.2, 0.25) is 6.79 Å². The van der Waals surface area contributed by atoms with Gasteiger partial charge in [0.15, 0.2) is 23.0 Å². The highest BCUT2D eigenvalue weighted by Gasteiger charge is 2.16. The fourth-order valence-corrected chi connectivity index (χ4v) is 2.95. The first-order chi connectivity index (χ1) is 11.7. The minimum Gasteiger partial charge on any atom is -0.493 e. The van der Waals surface area contributed by atoms with Crippen LogP contribution in [0.5, 0.6) is 23.0 Å². The van der Waals surface area contributed by atoms with Gasteiger partial charge in [-0.25, -0.2) is 0 Å². The van der Waals surface area contributed by atoms with Crippen LogP contribution < -0.4 is 18.9 Å². The second-order valence-corrected chi connectivity index (χ2v) is 5.59. The van der Waals surface area contributed by atoms with Gasteiger partial charge in [0.1, 0.15) is 0 Å². The highest BCUT2D eigenvalue weighted by molar-refractivity contribution is 5.91. The lowest BCUT2D eigenvalue weighted by Gasteiger charge is -2.11. The van der Waals surface area contributed by atoms with Crippen LogP contribution in [0.1, 0.15) is 5.69 Å². The van der Waals surface area contributed by atoms with E-state index in [1.54, 1.807) is 14.2 Å². The standard InChI is InChI=1S/C19H17NO4/c1-11-14-9-19-18(23-10-24-19)8-13(14)6-15(20-11)12-4-5-16(21-2)17(7-12)22-3/h4-9H,10H2,1-3H3. The third kappa shape index (κ3) is 2.29. The van der Waals surface area contributed by atoms with Crippen LogP contribution in [0.15, 0.2) is 36.4 Å². The van der Waals surface area contributed by atoms with Gasteiger partial charge in [0.05, 0.1) is 19.9 Å². The number of fused-ring (bicyclic) bond motifs is 2. The van der Waals surface area contributed by atoms with Crippen molar-refractivity contribution in [1.29, 1.82) is 0 Å². The van der Waals surface area contributed by atoms with Gasteiger partial charge in [-0.2, -0.15) is 0 Å². The molecule has 0 amide bonds. The van der Waals surface area contributed by atoms with Gasteiger partial charge >= 0.3 is 0 Å². The smallest absolute Gasteiger partial charge is 0.231 e. The van der Waals surface area contributed by atoms with Crippen molar-refractivity contribution in [3.63, 3.8) is 0 Å². The molecule has 0 saturated heterocycles. The van der Waals surface area contributed by atoms with E-state index in [0.29, 0.717) is 11.5 Å². The van der Waals surface area contributed by atoms with Gasteiger partial charge in [0.25, 0.3) is 0 Å². The maximum Gasteiger partial charge on any atom is 0.231 e. The van der Waals surface area contributed by atoms with Crippen LogP contribution in [0.4, 0.5) is 0 Å². The monoisotopic (exact) mass is 323 g/mol. The third-order valence-electron chi connectivity index (χ3n) is 4.19. The predicted molar refractivity (Wildman–Crippen MR) is 91.1 cm³/mol. The van der Waals surface area contributed by atoms with E-state index in [4.69, 9.17) is 23.9 Å². The van der Waals surface area contributed by atoms with Gasteiger partial charge in [0, 0.05) is 16.6 Å². The lowest BCUT2D eigenvalue weighted by atomic mass is 10.0. The first kappa shape index (κ1) is 14.6. The summed E-state index contributed by atoms with van der Waals surface area (Å²) in [4.78, 5) is 4.74. The SMILES string of the molecule is COc1ccc(-c2cc3cc4c(cc3c(C)n2)OCO4)cc1OC. The summed E-state index contributed by atoms with van der Waals surface area (Å²) < 4.78 is 21.6. The third-order valence-corrected chi connectivity index (χ3v) is 4.19. The van der Waals surface area contributed by atoms with E-state index >= 15 is 0 Å². The van der Waals surface area contributed by atoms with Crippen molar-refractivity contribution in [2.75, 3.05) is 21.0 Å². The number of aromatic nitrogens is 1. The average Bonchev–Trinajstić information content (AvgIpc) is 3.06. The van der Waals surface area contributed by atoms with Gasteiger partial charge in [-0.1, -0.05) is 0 Å². The second-order valence-electron chi connectivity index (χ2n) is 5.59. The molecule has 0 fully saturated rings. The Hall–Kier alpha value is -2.95. The zero-order valence-corrected chi connectivity index (χ0v) is 13.8. The summed E-state index contributed by atoms with van der Waals surface area (Å²) in [5.74, 6) is 2.92. The van der Waals surface area contributed by atoms with Crippen molar-refractivity contribution in [2.24, 2.45) is 0 Å². The van der Waals surface area contributed by atoms with Crippen LogP contribution in [0.3, 0.4) is 0 Å². The molecule has 0 spiro atoms. The van der Waals surface area contributed by atoms with Crippen molar-refractivity contribution in [3.8, 4) is 34.3 Å². The molecule has 1 aromatic heterocycles. The Balaban J connectivity index is 1.87. The number of pyridine rings is 1. The van der Waals surface area contributed by atoms with Crippen LogP contribution in [0.25, 0.3) is 22.0 Å². The summed E-state index contributed by atoms with van der Waals surface area (Å²) in [6.07, 6.45) is 0. The van der Waals surface area contributed by atoms with Crippen LogP contribution >= 0.6 is 0 Å². The molecule has 2 aromatic carbocycles. The molecule has 1 aliphatic rings. The molecule has 0 radical (unpaired) electrons. The molecule has 3 aromatic rings. The Morgan fingerprint density at radius 2 is 1.67 bits per heavy atom. The number of hydrogen-bond donors (Lipinski definition) is 0.